The Morgan fingerprint density at radius 1 is 1.33 bits per heavy atom. The van der Waals surface area contributed by atoms with E-state index in [-0.39, 0.29) is 17.3 Å². The minimum absolute atomic E-state index is 0.0285. The van der Waals surface area contributed by atoms with E-state index in [4.69, 9.17) is 27.0 Å². The lowest BCUT2D eigenvalue weighted by Gasteiger charge is -2.25. The third-order valence-electron chi connectivity index (χ3n) is 3.18. The summed E-state index contributed by atoms with van der Waals surface area (Å²) in [4.78, 5) is 25.4. The van der Waals surface area contributed by atoms with Crippen LogP contribution in [0.1, 0.15) is 12.5 Å². The van der Waals surface area contributed by atoms with Crippen molar-refractivity contribution in [1.29, 1.82) is 5.26 Å². The van der Waals surface area contributed by atoms with Crippen LogP contribution < -0.4 is 14.8 Å². The third-order valence-corrected chi connectivity index (χ3v) is 3.55. The average molecular weight is 345 g/mol. The summed E-state index contributed by atoms with van der Waals surface area (Å²) in [6, 6.07) is 6.80. The van der Waals surface area contributed by atoms with Gasteiger partial charge in [0.1, 0.15) is 11.6 Å². The van der Waals surface area contributed by atoms with Gasteiger partial charge < -0.3 is 9.47 Å². The van der Waals surface area contributed by atoms with Crippen molar-refractivity contribution in [1.82, 2.24) is 10.2 Å². The van der Waals surface area contributed by atoms with Crippen molar-refractivity contribution in [3.8, 4) is 17.6 Å². The molecule has 1 aromatic rings. The Bertz CT molecular complexity index is 767. The van der Waals surface area contributed by atoms with Crippen LogP contribution in [0.5, 0.6) is 11.5 Å². The van der Waals surface area contributed by atoms with Gasteiger partial charge in [-0.3, -0.25) is 19.8 Å². The summed E-state index contributed by atoms with van der Waals surface area (Å²) in [7, 11) is 1.49. The molecule has 0 atom stereocenters. The van der Waals surface area contributed by atoms with Crippen molar-refractivity contribution in [2.75, 3.05) is 20.3 Å². The van der Waals surface area contributed by atoms with Gasteiger partial charge in [0.2, 0.25) is 0 Å². The molecule has 124 valence electrons. The van der Waals surface area contributed by atoms with Gasteiger partial charge in [0, 0.05) is 7.05 Å². The number of thiocarbonyl (C=S) groups is 1. The first-order valence-corrected chi connectivity index (χ1v) is 7.50. The van der Waals surface area contributed by atoms with Crippen LogP contribution in [0.25, 0.3) is 6.08 Å². The van der Waals surface area contributed by atoms with Gasteiger partial charge in [-0.15, -0.1) is 0 Å². The first-order chi connectivity index (χ1) is 11.5. The lowest BCUT2D eigenvalue weighted by molar-refractivity contribution is -0.128. The van der Waals surface area contributed by atoms with Crippen LogP contribution >= 0.6 is 12.2 Å². The Hall–Kier alpha value is -2.92. The molecular formula is C16H15N3O4S. The Morgan fingerprint density at radius 3 is 2.75 bits per heavy atom. The fraction of sp³-hybridized carbons (Fsp3) is 0.250. The molecule has 0 bridgehead atoms. The molecule has 0 aromatic heterocycles. The monoisotopic (exact) mass is 345 g/mol. The minimum Gasteiger partial charge on any atom is -0.490 e. The summed E-state index contributed by atoms with van der Waals surface area (Å²) < 4.78 is 10.8. The van der Waals surface area contributed by atoms with E-state index in [0.29, 0.717) is 23.7 Å². The van der Waals surface area contributed by atoms with E-state index in [0.717, 1.165) is 0 Å². The van der Waals surface area contributed by atoms with Crippen molar-refractivity contribution < 1.29 is 19.1 Å². The van der Waals surface area contributed by atoms with Crippen LogP contribution in [-0.2, 0) is 9.59 Å². The molecule has 1 aliphatic heterocycles. The van der Waals surface area contributed by atoms with Crippen molar-refractivity contribution in [2.24, 2.45) is 0 Å². The Labute approximate surface area is 144 Å². The van der Waals surface area contributed by atoms with Crippen LogP contribution in [0.2, 0.25) is 0 Å². The summed E-state index contributed by atoms with van der Waals surface area (Å²) in [5, 5.41) is 11.1. The van der Waals surface area contributed by atoms with Gasteiger partial charge in [0.15, 0.2) is 23.2 Å². The number of rotatable bonds is 5. The maximum absolute atomic E-state index is 12.2. The fourth-order valence-corrected chi connectivity index (χ4v) is 2.20. The number of carbonyl (C=O) groups is 2. The number of carbonyl (C=O) groups excluding carboxylic acids is 2. The van der Waals surface area contributed by atoms with Gasteiger partial charge >= 0.3 is 0 Å². The molecule has 24 heavy (non-hydrogen) atoms. The largest absolute Gasteiger partial charge is 0.490 e. The van der Waals surface area contributed by atoms with E-state index in [9.17, 15) is 9.59 Å². The molecule has 0 aliphatic carbocycles. The number of hydrogen-bond acceptors (Lipinski definition) is 6. The topological polar surface area (TPSA) is 91.7 Å². The average Bonchev–Trinajstić information content (AvgIpc) is 2.56. The molecule has 2 rings (SSSR count). The molecule has 0 unspecified atom stereocenters. The Kier molecular flexibility index (Phi) is 5.50. The second kappa shape index (κ2) is 7.57. The van der Waals surface area contributed by atoms with Crippen molar-refractivity contribution in [3.63, 3.8) is 0 Å². The molecule has 1 N–H and O–H groups in total. The smallest absolute Gasteiger partial charge is 0.265 e. The van der Waals surface area contributed by atoms with Crippen LogP contribution in [0.3, 0.4) is 0 Å². The maximum atomic E-state index is 12.2. The van der Waals surface area contributed by atoms with Gasteiger partial charge in [-0.25, -0.2) is 0 Å². The highest BCUT2D eigenvalue weighted by molar-refractivity contribution is 7.80. The molecule has 0 radical (unpaired) electrons. The standard InChI is InChI=1S/C16H15N3O4S/c1-3-22-13-9-10(4-5-12(13)23-7-6-17)8-11-14(20)18-16(24)19(2)15(11)21/h4-5,8-9H,3,7H2,1-2H3,(H,18,20,24). The van der Waals surface area contributed by atoms with E-state index in [1.807, 2.05) is 13.0 Å². The Balaban J connectivity index is 2.36. The number of amides is 2. The van der Waals surface area contributed by atoms with E-state index in [1.165, 1.54) is 18.0 Å². The molecule has 1 fully saturated rings. The molecule has 1 saturated heterocycles. The molecular weight excluding hydrogens is 330 g/mol. The van der Waals surface area contributed by atoms with Crippen molar-refractivity contribution in [3.05, 3.63) is 29.3 Å². The van der Waals surface area contributed by atoms with Crippen LogP contribution in [0, 0.1) is 11.3 Å². The number of nitrogens with one attached hydrogen (secondary N) is 1. The number of hydrogen-bond donors (Lipinski definition) is 1. The van der Waals surface area contributed by atoms with Crippen molar-refractivity contribution >= 4 is 35.2 Å². The highest BCUT2D eigenvalue weighted by atomic mass is 32.1. The van der Waals surface area contributed by atoms with E-state index in [1.54, 1.807) is 18.2 Å². The zero-order chi connectivity index (χ0) is 17.7. The molecule has 7 nitrogen and oxygen atoms in total. The summed E-state index contributed by atoms with van der Waals surface area (Å²) in [5.74, 6) is -0.190. The van der Waals surface area contributed by atoms with Gasteiger partial charge in [0.25, 0.3) is 11.8 Å². The number of nitrogens with zero attached hydrogens (tertiary/aromatic N) is 2. The predicted octanol–water partition coefficient (Wildman–Crippen LogP) is 1.24. The lowest BCUT2D eigenvalue weighted by Crippen LogP contribution is -2.52. The van der Waals surface area contributed by atoms with Gasteiger partial charge in [-0.05, 0) is 42.9 Å². The van der Waals surface area contributed by atoms with E-state index in [2.05, 4.69) is 5.32 Å². The van der Waals surface area contributed by atoms with E-state index < -0.39 is 11.8 Å². The highest BCUT2D eigenvalue weighted by Gasteiger charge is 2.30. The molecule has 1 aromatic carbocycles. The van der Waals surface area contributed by atoms with Crippen LogP contribution in [0.15, 0.2) is 23.8 Å². The summed E-state index contributed by atoms with van der Waals surface area (Å²) in [5.41, 5.74) is 0.557. The molecule has 1 heterocycles. The van der Waals surface area contributed by atoms with Gasteiger partial charge in [-0.2, -0.15) is 5.26 Å². The molecule has 2 amide bonds. The van der Waals surface area contributed by atoms with Gasteiger partial charge in [-0.1, -0.05) is 6.07 Å². The lowest BCUT2D eigenvalue weighted by atomic mass is 10.1. The minimum atomic E-state index is -0.550. The number of benzene rings is 1. The molecule has 1 aliphatic rings. The number of ether oxygens (including phenoxy) is 2. The number of nitriles is 1. The van der Waals surface area contributed by atoms with Crippen LogP contribution in [-0.4, -0.2) is 42.1 Å². The SMILES string of the molecule is CCOc1cc(C=C2C(=O)NC(=S)N(C)C2=O)ccc1OCC#N. The molecule has 0 saturated carbocycles. The molecule has 8 heteroatoms. The highest BCUT2D eigenvalue weighted by Crippen LogP contribution is 2.29. The maximum Gasteiger partial charge on any atom is 0.265 e. The second-order valence-electron chi connectivity index (χ2n) is 4.77. The van der Waals surface area contributed by atoms with Gasteiger partial charge in [0.05, 0.1) is 6.61 Å². The first kappa shape index (κ1) is 17.4. The summed E-state index contributed by atoms with van der Waals surface area (Å²) in [6.45, 7) is 2.11. The zero-order valence-corrected chi connectivity index (χ0v) is 14.0. The first-order valence-electron chi connectivity index (χ1n) is 7.09. The van der Waals surface area contributed by atoms with E-state index >= 15 is 0 Å². The zero-order valence-electron chi connectivity index (χ0n) is 13.2. The van der Waals surface area contributed by atoms with Crippen molar-refractivity contribution in [2.45, 2.75) is 6.92 Å². The predicted molar refractivity (Wildman–Crippen MR) is 90.2 cm³/mol. The third kappa shape index (κ3) is 3.70. The molecule has 0 spiro atoms. The number of likely N-dealkylation sites (N-methyl/N-ethyl adjacent to an activating group) is 1. The summed E-state index contributed by atoms with van der Waals surface area (Å²) in [6.07, 6.45) is 1.45. The fourth-order valence-electron chi connectivity index (χ4n) is 2.02. The van der Waals surface area contributed by atoms with Crippen LogP contribution in [0.4, 0.5) is 0 Å². The quantitative estimate of drug-likeness (QED) is 0.490. The Morgan fingerprint density at radius 2 is 2.08 bits per heavy atom. The summed E-state index contributed by atoms with van der Waals surface area (Å²) >= 11 is 4.90. The second-order valence-corrected chi connectivity index (χ2v) is 5.15. The normalized spacial score (nSPS) is 16.0.